The molecule has 0 aliphatic heterocycles. The van der Waals surface area contributed by atoms with E-state index in [1.165, 1.54) is 6.42 Å². The second-order valence-electron chi connectivity index (χ2n) is 2.50. The van der Waals surface area contributed by atoms with Crippen molar-refractivity contribution < 1.29 is 9.90 Å². The summed E-state index contributed by atoms with van der Waals surface area (Å²) >= 11 is 0. The Morgan fingerprint density at radius 1 is 1.31 bits per heavy atom. The molecular weight excluding hydrogens is 166 g/mol. The molecule has 0 aliphatic carbocycles. The predicted octanol–water partition coefficient (Wildman–Crippen LogP) is 3.19. The third kappa shape index (κ3) is 6.87. The van der Waals surface area contributed by atoms with Gasteiger partial charge in [0, 0.05) is 5.69 Å². The molecule has 13 heavy (non-hydrogen) atoms. The molecular formula is C10H15NO2. The van der Waals surface area contributed by atoms with Gasteiger partial charge in [-0.05, 0) is 12.1 Å². The number of carboxylic acid groups (broad SMARTS) is 1. The van der Waals surface area contributed by atoms with Crippen molar-refractivity contribution in [1.82, 2.24) is 0 Å². The molecule has 0 atom stereocenters. The SMILES string of the molecule is CCC.O=C(O)Nc1ccccc1. The van der Waals surface area contributed by atoms with Crippen LogP contribution in [0.4, 0.5) is 10.5 Å². The van der Waals surface area contributed by atoms with E-state index in [1.807, 2.05) is 6.07 Å². The maximum atomic E-state index is 10.1. The number of rotatable bonds is 1. The summed E-state index contributed by atoms with van der Waals surface area (Å²) in [5.74, 6) is 0. The Morgan fingerprint density at radius 3 is 2.15 bits per heavy atom. The van der Waals surface area contributed by atoms with Crippen molar-refractivity contribution in [2.75, 3.05) is 5.32 Å². The summed E-state index contributed by atoms with van der Waals surface area (Å²) in [6.07, 6.45) is 0.214. The fraction of sp³-hybridized carbons (Fsp3) is 0.300. The van der Waals surface area contributed by atoms with Gasteiger partial charge in [-0.15, -0.1) is 0 Å². The molecule has 0 heterocycles. The molecule has 0 spiro atoms. The number of benzene rings is 1. The highest BCUT2D eigenvalue weighted by atomic mass is 16.4. The quantitative estimate of drug-likeness (QED) is 0.699. The van der Waals surface area contributed by atoms with E-state index in [2.05, 4.69) is 19.2 Å². The van der Waals surface area contributed by atoms with Crippen molar-refractivity contribution in [3.63, 3.8) is 0 Å². The van der Waals surface area contributed by atoms with Crippen LogP contribution in [0.2, 0.25) is 0 Å². The van der Waals surface area contributed by atoms with Crippen molar-refractivity contribution in [2.24, 2.45) is 0 Å². The molecule has 0 bridgehead atoms. The van der Waals surface area contributed by atoms with Crippen molar-refractivity contribution in [3.05, 3.63) is 30.3 Å². The largest absolute Gasteiger partial charge is 0.465 e. The molecule has 0 aromatic heterocycles. The number of amides is 1. The van der Waals surface area contributed by atoms with Crippen LogP contribution in [0.25, 0.3) is 0 Å². The zero-order chi connectivity index (χ0) is 10.1. The third-order valence-electron chi connectivity index (χ3n) is 1.03. The molecule has 72 valence electrons. The van der Waals surface area contributed by atoms with E-state index in [9.17, 15) is 4.79 Å². The van der Waals surface area contributed by atoms with Crippen LogP contribution in [0.5, 0.6) is 0 Å². The van der Waals surface area contributed by atoms with Crippen LogP contribution < -0.4 is 5.32 Å². The van der Waals surface area contributed by atoms with E-state index in [4.69, 9.17) is 5.11 Å². The molecule has 0 aliphatic rings. The van der Waals surface area contributed by atoms with Crippen LogP contribution in [0.1, 0.15) is 20.3 Å². The summed E-state index contributed by atoms with van der Waals surface area (Å²) in [5.41, 5.74) is 0.593. The summed E-state index contributed by atoms with van der Waals surface area (Å²) in [5, 5.41) is 10.5. The van der Waals surface area contributed by atoms with E-state index >= 15 is 0 Å². The number of nitrogens with one attached hydrogen (secondary N) is 1. The maximum absolute atomic E-state index is 10.1. The summed E-state index contributed by atoms with van der Waals surface area (Å²) in [4.78, 5) is 10.1. The number of hydrogen-bond donors (Lipinski definition) is 2. The minimum absolute atomic E-state index is 0.593. The molecule has 2 N–H and O–H groups in total. The first kappa shape index (κ1) is 11.5. The van der Waals surface area contributed by atoms with Crippen LogP contribution in [0.15, 0.2) is 30.3 Å². The highest BCUT2D eigenvalue weighted by Crippen LogP contribution is 2.03. The topological polar surface area (TPSA) is 49.3 Å². The molecule has 3 nitrogen and oxygen atoms in total. The van der Waals surface area contributed by atoms with E-state index in [0.717, 1.165) is 0 Å². The van der Waals surface area contributed by atoms with E-state index in [-0.39, 0.29) is 0 Å². The van der Waals surface area contributed by atoms with Crippen molar-refractivity contribution >= 4 is 11.8 Å². The lowest BCUT2D eigenvalue weighted by Gasteiger charge is -1.96. The Bertz CT molecular complexity index is 234. The average Bonchev–Trinajstić information content (AvgIpc) is 2.06. The Morgan fingerprint density at radius 2 is 1.77 bits per heavy atom. The van der Waals surface area contributed by atoms with Gasteiger partial charge in [0.1, 0.15) is 0 Å². The molecule has 1 aromatic rings. The van der Waals surface area contributed by atoms with Crippen molar-refractivity contribution in [1.29, 1.82) is 0 Å². The minimum Gasteiger partial charge on any atom is -0.465 e. The van der Waals surface area contributed by atoms with Gasteiger partial charge in [-0.2, -0.15) is 0 Å². The standard InChI is InChI=1S/C7H7NO2.C3H8/c9-7(10)8-6-4-2-1-3-5-6;1-3-2/h1-5,8H,(H,9,10);3H2,1-2H3. The van der Waals surface area contributed by atoms with Gasteiger partial charge in [-0.3, -0.25) is 5.32 Å². The van der Waals surface area contributed by atoms with Crippen LogP contribution in [0, 0.1) is 0 Å². The molecule has 0 radical (unpaired) electrons. The normalized spacial score (nSPS) is 8.15. The number of para-hydroxylation sites is 1. The van der Waals surface area contributed by atoms with Crippen molar-refractivity contribution in [3.8, 4) is 0 Å². The first-order valence-electron chi connectivity index (χ1n) is 4.25. The second kappa shape index (κ2) is 7.16. The van der Waals surface area contributed by atoms with Gasteiger partial charge in [0.25, 0.3) is 0 Å². The molecule has 0 fully saturated rings. The first-order valence-corrected chi connectivity index (χ1v) is 4.25. The fourth-order valence-corrected chi connectivity index (χ4v) is 0.645. The van der Waals surface area contributed by atoms with Gasteiger partial charge < -0.3 is 5.11 Å². The Balaban J connectivity index is 0.000000424. The number of anilines is 1. The van der Waals surface area contributed by atoms with Crippen LogP contribution in [0.3, 0.4) is 0 Å². The van der Waals surface area contributed by atoms with Gasteiger partial charge in [-0.25, -0.2) is 4.79 Å². The summed E-state index contributed by atoms with van der Waals surface area (Å²) < 4.78 is 0. The summed E-state index contributed by atoms with van der Waals surface area (Å²) in [6.45, 7) is 4.25. The molecule has 1 rings (SSSR count). The van der Waals surface area contributed by atoms with Gasteiger partial charge in [0.15, 0.2) is 0 Å². The zero-order valence-corrected chi connectivity index (χ0v) is 7.95. The van der Waals surface area contributed by atoms with E-state index in [1.54, 1.807) is 24.3 Å². The van der Waals surface area contributed by atoms with Gasteiger partial charge in [0.05, 0.1) is 0 Å². The number of hydrogen-bond acceptors (Lipinski definition) is 1. The molecule has 0 unspecified atom stereocenters. The van der Waals surface area contributed by atoms with Gasteiger partial charge in [-0.1, -0.05) is 38.5 Å². The molecule has 0 saturated heterocycles. The predicted molar refractivity (Wildman–Crippen MR) is 54.1 cm³/mol. The molecule has 3 heteroatoms. The maximum Gasteiger partial charge on any atom is 0.409 e. The average molecular weight is 181 g/mol. The van der Waals surface area contributed by atoms with Crippen molar-refractivity contribution in [2.45, 2.75) is 20.3 Å². The lowest BCUT2D eigenvalue weighted by Crippen LogP contribution is -2.06. The molecule has 1 aromatic carbocycles. The lowest BCUT2D eigenvalue weighted by atomic mass is 10.3. The number of carbonyl (C=O) groups is 1. The van der Waals surface area contributed by atoms with Gasteiger partial charge >= 0.3 is 6.09 Å². The minimum atomic E-state index is -1.04. The van der Waals surface area contributed by atoms with Crippen LogP contribution in [-0.2, 0) is 0 Å². The highest BCUT2D eigenvalue weighted by molar-refractivity contribution is 5.82. The van der Waals surface area contributed by atoms with Gasteiger partial charge in [0.2, 0.25) is 0 Å². The van der Waals surface area contributed by atoms with Crippen LogP contribution in [-0.4, -0.2) is 11.2 Å². The monoisotopic (exact) mass is 181 g/mol. The first-order chi connectivity index (χ1) is 6.20. The van der Waals surface area contributed by atoms with E-state index in [0.29, 0.717) is 5.69 Å². The summed E-state index contributed by atoms with van der Waals surface area (Å²) in [7, 11) is 0. The Hall–Kier alpha value is -1.51. The highest BCUT2D eigenvalue weighted by Gasteiger charge is 1.92. The van der Waals surface area contributed by atoms with Crippen LogP contribution >= 0.6 is 0 Å². The fourth-order valence-electron chi connectivity index (χ4n) is 0.645. The second-order valence-corrected chi connectivity index (χ2v) is 2.50. The lowest BCUT2D eigenvalue weighted by molar-refractivity contribution is 0.210. The molecule has 1 amide bonds. The Labute approximate surface area is 78.4 Å². The third-order valence-corrected chi connectivity index (χ3v) is 1.03. The Kier molecular flexibility index (Phi) is 6.32. The molecule has 0 saturated carbocycles. The van der Waals surface area contributed by atoms with E-state index < -0.39 is 6.09 Å². The smallest absolute Gasteiger partial charge is 0.409 e. The summed E-state index contributed by atoms with van der Waals surface area (Å²) in [6, 6.07) is 8.74. The zero-order valence-electron chi connectivity index (χ0n) is 7.95.